The smallest absolute Gasteiger partial charge is 0.305 e. The molecule has 0 aliphatic carbocycles. The third kappa shape index (κ3) is 5.89. The first kappa shape index (κ1) is 17.5. The summed E-state index contributed by atoms with van der Waals surface area (Å²) in [5, 5.41) is 9.03. The molecule has 0 aromatic carbocycles. The second kappa shape index (κ2) is 7.16. The third-order valence-corrected chi connectivity index (χ3v) is 4.59. The highest BCUT2D eigenvalue weighted by Crippen LogP contribution is 2.26. The Morgan fingerprint density at radius 3 is 2.39 bits per heavy atom. The summed E-state index contributed by atoms with van der Waals surface area (Å²) in [6.45, 7) is 11.2. The van der Waals surface area contributed by atoms with Crippen LogP contribution in [0.5, 0.6) is 0 Å². The molecule has 0 spiro atoms. The molecule has 0 heterocycles. The van der Waals surface area contributed by atoms with Crippen molar-refractivity contribution in [2.45, 2.75) is 63.7 Å². The molecule has 0 saturated heterocycles. The van der Waals surface area contributed by atoms with Crippen LogP contribution in [0.1, 0.15) is 53.4 Å². The summed E-state index contributed by atoms with van der Waals surface area (Å²) in [6.07, 6.45) is 3.68. The van der Waals surface area contributed by atoms with Gasteiger partial charge in [0.1, 0.15) is 4.75 Å². The minimum absolute atomic E-state index is 0.0286. The van der Waals surface area contributed by atoms with Crippen molar-refractivity contribution < 1.29 is 14.5 Å². The number of nitrogens with one attached hydrogen (secondary N) is 1. The summed E-state index contributed by atoms with van der Waals surface area (Å²) in [4.78, 5) is 11.0. The molecule has 0 aliphatic rings. The van der Waals surface area contributed by atoms with Crippen molar-refractivity contribution in [1.29, 1.82) is 0 Å². The van der Waals surface area contributed by atoms with Crippen LogP contribution in [0.4, 0.5) is 0 Å². The van der Waals surface area contributed by atoms with E-state index in [0.717, 1.165) is 0 Å². The lowest BCUT2D eigenvalue weighted by atomic mass is 9.88. The van der Waals surface area contributed by atoms with Gasteiger partial charge < -0.3 is 9.66 Å². The Kier molecular flexibility index (Phi) is 6.96. The molecule has 4 nitrogen and oxygen atoms in total. The van der Waals surface area contributed by atoms with Crippen LogP contribution in [0.15, 0.2) is 12.7 Å². The Hall–Kier alpha value is -0.520. The molecule has 0 radical (unpaired) electrons. The minimum atomic E-state index is -1.27. The molecule has 0 bridgehead atoms. The first-order valence-corrected chi connectivity index (χ1v) is 7.34. The summed E-state index contributed by atoms with van der Waals surface area (Å²) in [5.41, 5.74) is -0.627. The summed E-state index contributed by atoms with van der Waals surface area (Å²) < 4.78 is 14.8. The highest BCUT2D eigenvalue weighted by molar-refractivity contribution is 7.90. The molecular weight excluding hydrogens is 250 g/mol. The number of carbonyl (C=O) groups is 1. The van der Waals surface area contributed by atoms with Gasteiger partial charge in [0, 0.05) is 11.4 Å². The lowest BCUT2D eigenvalue weighted by Gasteiger charge is -2.36. The third-order valence-electron chi connectivity index (χ3n) is 2.86. The van der Waals surface area contributed by atoms with Crippen LogP contribution in [0.3, 0.4) is 0 Å². The van der Waals surface area contributed by atoms with Gasteiger partial charge in [0.2, 0.25) is 0 Å². The topological polar surface area (TPSA) is 72.4 Å². The molecule has 5 heteroatoms. The Bertz CT molecular complexity index is 288. The lowest BCUT2D eigenvalue weighted by Crippen LogP contribution is -2.54. The van der Waals surface area contributed by atoms with E-state index >= 15 is 0 Å². The zero-order chi connectivity index (χ0) is 14.4. The molecule has 0 amide bonds. The zero-order valence-electron chi connectivity index (χ0n) is 11.8. The van der Waals surface area contributed by atoms with Gasteiger partial charge in [-0.15, -0.1) is 11.3 Å². The molecule has 0 saturated carbocycles. The van der Waals surface area contributed by atoms with Gasteiger partial charge in [-0.05, 0) is 40.0 Å². The molecule has 1 unspecified atom stereocenters. The van der Waals surface area contributed by atoms with Gasteiger partial charge in [-0.3, -0.25) is 4.79 Å². The van der Waals surface area contributed by atoms with Crippen LogP contribution in [0.2, 0.25) is 0 Å². The zero-order valence-corrected chi connectivity index (χ0v) is 12.6. The highest BCUT2D eigenvalue weighted by atomic mass is 32.2. The average molecular weight is 275 g/mol. The Labute approximate surface area is 113 Å². The molecule has 2 N–H and O–H groups in total. The molecule has 18 heavy (non-hydrogen) atoms. The number of aliphatic carboxylic acids is 1. The van der Waals surface area contributed by atoms with Crippen molar-refractivity contribution in [1.82, 2.24) is 4.72 Å². The largest absolute Gasteiger partial charge is 0.598 e. The van der Waals surface area contributed by atoms with Gasteiger partial charge in [-0.2, -0.15) is 0 Å². The number of hydrogen-bond acceptors (Lipinski definition) is 3. The van der Waals surface area contributed by atoms with Crippen molar-refractivity contribution in [3.8, 4) is 0 Å². The second-order valence-corrected chi connectivity index (χ2v) is 7.48. The van der Waals surface area contributed by atoms with Crippen molar-refractivity contribution in [2.75, 3.05) is 0 Å². The minimum Gasteiger partial charge on any atom is -0.598 e. The van der Waals surface area contributed by atoms with E-state index in [1.54, 1.807) is 6.08 Å². The summed E-state index contributed by atoms with van der Waals surface area (Å²) >= 11 is -1.27. The molecule has 0 aromatic rings. The fourth-order valence-corrected chi connectivity index (χ4v) is 2.59. The molecule has 2 atom stereocenters. The van der Waals surface area contributed by atoms with Gasteiger partial charge >= 0.3 is 5.97 Å². The predicted molar refractivity (Wildman–Crippen MR) is 75.7 cm³/mol. The number of carboxylic acids is 1. The highest BCUT2D eigenvalue weighted by Gasteiger charge is 2.39. The van der Waals surface area contributed by atoms with Crippen LogP contribution in [0.25, 0.3) is 0 Å². The maximum atomic E-state index is 12.2. The van der Waals surface area contributed by atoms with Gasteiger partial charge in [0.05, 0.1) is 12.0 Å². The first-order valence-electron chi connectivity index (χ1n) is 6.19. The van der Waals surface area contributed by atoms with Gasteiger partial charge in [-0.1, -0.05) is 13.0 Å². The van der Waals surface area contributed by atoms with Crippen LogP contribution in [-0.2, 0) is 16.2 Å². The van der Waals surface area contributed by atoms with E-state index in [0.29, 0.717) is 19.3 Å². The van der Waals surface area contributed by atoms with E-state index in [4.69, 9.17) is 5.11 Å². The number of allylic oxidation sites excluding steroid dienone is 1. The van der Waals surface area contributed by atoms with Crippen molar-refractivity contribution in [3.63, 3.8) is 0 Å². The predicted octanol–water partition coefficient (Wildman–Crippen LogP) is 2.63. The monoisotopic (exact) mass is 275 g/mol. The van der Waals surface area contributed by atoms with Crippen LogP contribution in [0, 0.1) is 0 Å². The van der Waals surface area contributed by atoms with E-state index in [-0.39, 0.29) is 6.42 Å². The summed E-state index contributed by atoms with van der Waals surface area (Å²) in [5.74, 6) is -0.876. The van der Waals surface area contributed by atoms with Gasteiger partial charge in [0.25, 0.3) is 0 Å². The molecular formula is C13H25NO3S. The standard InChI is InChI=1S/C13H25NO3S/c1-6-8-9-13(7-2,10-11(15)16)14-18(17)12(3,4)5/h6,14H,1,7-10H2,2-5H3,(H,15,16)/t13-,18?/m0/s1. The normalized spacial score (nSPS) is 16.9. The van der Waals surface area contributed by atoms with E-state index in [1.807, 2.05) is 27.7 Å². The first-order chi connectivity index (χ1) is 8.17. The Morgan fingerprint density at radius 1 is 1.50 bits per heavy atom. The maximum absolute atomic E-state index is 12.2. The van der Waals surface area contributed by atoms with Gasteiger partial charge in [-0.25, -0.2) is 0 Å². The quantitative estimate of drug-likeness (QED) is 0.527. The number of hydrogen-bond donors (Lipinski definition) is 2. The molecule has 0 rings (SSSR count). The molecule has 0 aromatic heterocycles. The van der Waals surface area contributed by atoms with E-state index in [2.05, 4.69) is 11.3 Å². The van der Waals surface area contributed by atoms with E-state index in [9.17, 15) is 9.35 Å². The van der Waals surface area contributed by atoms with Crippen molar-refractivity contribution >= 4 is 17.3 Å². The van der Waals surface area contributed by atoms with E-state index in [1.165, 1.54) is 0 Å². The van der Waals surface area contributed by atoms with Crippen LogP contribution in [-0.4, -0.2) is 25.9 Å². The SMILES string of the molecule is C=CCC[C@@](CC)(CC(=O)O)N[S+]([O-])C(C)(C)C. The fourth-order valence-electron chi connectivity index (χ4n) is 1.57. The molecule has 106 valence electrons. The van der Waals surface area contributed by atoms with Crippen LogP contribution < -0.4 is 4.72 Å². The molecule has 0 fully saturated rings. The molecule has 0 aliphatic heterocycles. The van der Waals surface area contributed by atoms with Crippen LogP contribution >= 0.6 is 0 Å². The number of carboxylic acid groups (broad SMARTS) is 1. The maximum Gasteiger partial charge on any atom is 0.305 e. The fraction of sp³-hybridized carbons (Fsp3) is 0.769. The average Bonchev–Trinajstić information content (AvgIpc) is 2.23. The summed E-state index contributed by atoms with van der Waals surface area (Å²) in [7, 11) is 0. The van der Waals surface area contributed by atoms with Crippen molar-refractivity contribution in [2.24, 2.45) is 0 Å². The Morgan fingerprint density at radius 2 is 2.06 bits per heavy atom. The second-order valence-electron chi connectivity index (χ2n) is 5.51. The lowest BCUT2D eigenvalue weighted by molar-refractivity contribution is -0.138. The summed E-state index contributed by atoms with van der Waals surface area (Å²) in [6, 6.07) is 0. The van der Waals surface area contributed by atoms with Crippen molar-refractivity contribution in [3.05, 3.63) is 12.7 Å². The number of rotatable bonds is 8. The Balaban J connectivity index is 4.92. The van der Waals surface area contributed by atoms with E-state index < -0.39 is 27.6 Å². The van der Waals surface area contributed by atoms with Gasteiger partial charge in [0.15, 0.2) is 0 Å².